The molecule has 0 aliphatic rings. The van der Waals surface area contributed by atoms with Gasteiger partial charge in [0.25, 0.3) is 0 Å². The first-order chi connectivity index (χ1) is 14.9. The van der Waals surface area contributed by atoms with Gasteiger partial charge in [-0.15, -0.1) is 0 Å². The zero-order valence-corrected chi connectivity index (χ0v) is 16.9. The van der Waals surface area contributed by atoms with Crippen molar-refractivity contribution in [3.8, 4) is 0 Å². The summed E-state index contributed by atoms with van der Waals surface area (Å²) in [5, 5.41) is 3.80. The Hall–Kier alpha value is -4.14. The van der Waals surface area contributed by atoms with Gasteiger partial charge in [0.2, 0.25) is 11.9 Å². The zero-order chi connectivity index (χ0) is 22.0. The Bertz CT molecular complexity index is 1280. The van der Waals surface area contributed by atoms with E-state index in [1.54, 1.807) is 6.92 Å². The Morgan fingerprint density at radius 3 is 2.55 bits per heavy atom. The fourth-order valence-electron chi connectivity index (χ4n) is 3.25. The molecule has 0 aliphatic heterocycles. The lowest BCUT2D eigenvalue weighted by molar-refractivity contribution is 0.0460. The van der Waals surface area contributed by atoms with E-state index in [-0.39, 0.29) is 30.1 Å². The number of fused-ring (bicyclic) bond motifs is 1. The third-order valence-electron chi connectivity index (χ3n) is 4.67. The number of hydrogen-bond donors (Lipinski definition) is 2. The molecule has 0 amide bonds. The molecule has 9 heteroatoms. The summed E-state index contributed by atoms with van der Waals surface area (Å²) in [4.78, 5) is 29.5. The maximum Gasteiger partial charge on any atom is 0.340 e. The average Bonchev–Trinajstić information content (AvgIpc) is 2.73. The summed E-state index contributed by atoms with van der Waals surface area (Å²) < 4.78 is 18.5. The lowest BCUT2D eigenvalue weighted by Crippen LogP contribution is -2.13. The van der Waals surface area contributed by atoms with E-state index in [1.807, 2.05) is 31.2 Å². The average molecular weight is 418 g/mol. The molecule has 0 saturated heterocycles. The maximum absolute atomic E-state index is 13.1. The second-order valence-electron chi connectivity index (χ2n) is 6.86. The van der Waals surface area contributed by atoms with Gasteiger partial charge in [0.1, 0.15) is 5.82 Å². The molecule has 3 N–H and O–H groups in total. The lowest BCUT2D eigenvalue weighted by atomic mass is 10.0. The highest BCUT2D eigenvalue weighted by Gasteiger charge is 2.18. The third-order valence-corrected chi connectivity index (χ3v) is 4.67. The standard InChI is InChI=1S/C22H19FN6O2/c1-12-16-5-3-4-6-17(16)25-13(2)19(12)20(30)31-11-18-27-21(24)29-22(28-18)26-15-9-7-14(23)8-10-15/h3-10H,11H2,1-2H3,(H3,24,26,27,28,29). The minimum Gasteiger partial charge on any atom is -0.454 e. The number of nitrogens with one attached hydrogen (secondary N) is 1. The maximum atomic E-state index is 13.1. The van der Waals surface area contributed by atoms with Gasteiger partial charge in [0.15, 0.2) is 12.4 Å². The van der Waals surface area contributed by atoms with Crippen molar-refractivity contribution in [1.29, 1.82) is 0 Å². The van der Waals surface area contributed by atoms with Gasteiger partial charge >= 0.3 is 5.97 Å². The Morgan fingerprint density at radius 2 is 1.77 bits per heavy atom. The molecule has 0 aliphatic carbocycles. The molecule has 0 saturated carbocycles. The van der Waals surface area contributed by atoms with Gasteiger partial charge in [-0.2, -0.15) is 15.0 Å². The molecule has 4 rings (SSSR count). The third kappa shape index (κ3) is 4.40. The van der Waals surface area contributed by atoms with E-state index in [9.17, 15) is 9.18 Å². The van der Waals surface area contributed by atoms with E-state index < -0.39 is 5.97 Å². The van der Waals surface area contributed by atoms with E-state index >= 15 is 0 Å². The number of carbonyl (C=O) groups excluding carboxylic acids is 1. The number of hydrogen-bond acceptors (Lipinski definition) is 8. The molecule has 0 unspecified atom stereocenters. The Labute approximate surface area is 177 Å². The highest BCUT2D eigenvalue weighted by atomic mass is 19.1. The van der Waals surface area contributed by atoms with E-state index in [1.165, 1.54) is 24.3 Å². The summed E-state index contributed by atoms with van der Waals surface area (Å²) in [7, 11) is 0. The molecule has 0 fully saturated rings. The largest absolute Gasteiger partial charge is 0.454 e. The minimum absolute atomic E-state index is 0.0367. The summed E-state index contributed by atoms with van der Waals surface area (Å²) in [5.41, 5.74) is 8.92. The Kier molecular flexibility index (Phi) is 5.40. The van der Waals surface area contributed by atoms with Gasteiger partial charge in [-0.1, -0.05) is 18.2 Å². The molecular weight excluding hydrogens is 399 g/mol. The van der Waals surface area contributed by atoms with Crippen molar-refractivity contribution < 1.29 is 13.9 Å². The fourth-order valence-corrected chi connectivity index (χ4v) is 3.25. The van der Waals surface area contributed by atoms with Crippen molar-refractivity contribution in [2.75, 3.05) is 11.1 Å². The van der Waals surface area contributed by atoms with Crippen molar-refractivity contribution in [2.24, 2.45) is 0 Å². The molecule has 0 bridgehead atoms. The van der Waals surface area contributed by atoms with E-state index in [0.29, 0.717) is 16.9 Å². The topological polar surface area (TPSA) is 116 Å². The first-order valence-electron chi connectivity index (χ1n) is 9.47. The van der Waals surface area contributed by atoms with Gasteiger partial charge in [0, 0.05) is 11.1 Å². The molecule has 0 radical (unpaired) electrons. The number of nitrogens with two attached hydrogens (primary N) is 1. The molecule has 0 spiro atoms. The van der Waals surface area contributed by atoms with Gasteiger partial charge in [-0.3, -0.25) is 4.98 Å². The quantitative estimate of drug-likeness (QED) is 0.470. The van der Waals surface area contributed by atoms with Crippen molar-refractivity contribution in [3.05, 3.63) is 77.0 Å². The Morgan fingerprint density at radius 1 is 1.03 bits per heavy atom. The van der Waals surface area contributed by atoms with Crippen LogP contribution in [0.3, 0.4) is 0 Å². The number of nitrogen functional groups attached to an aromatic ring is 1. The van der Waals surface area contributed by atoms with Crippen molar-refractivity contribution >= 4 is 34.5 Å². The van der Waals surface area contributed by atoms with Crippen LogP contribution in [0.15, 0.2) is 48.5 Å². The van der Waals surface area contributed by atoms with Crippen LogP contribution in [0, 0.1) is 19.7 Å². The molecule has 2 aromatic heterocycles. The summed E-state index contributed by atoms with van der Waals surface area (Å²) in [6.45, 7) is 3.43. The number of halogens is 1. The van der Waals surface area contributed by atoms with E-state index in [4.69, 9.17) is 10.5 Å². The Balaban J connectivity index is 1.53. The molecular formula is C22H19FN6O2. The number of aryl methyl sites for hydroxylation is 2. The van der Waals surface area contributed by atoms with E-state index in [0.717, 1.165) is 16.5 Å². The van der Waals surface area contributed by atoms with Crippen LogP contribution in [-0.4, -0.2) is 25.9 Å². The number of para-hydroxylation sites is 1. The second-order valence-corrected chi connectivity index (χ2v) is 6.86. The molecule has 2 heterocycles. The van der Waals surface area contributed by atoms with Crippen LogP contribution in [-0.2, 0) is 11.3 Å². The molecule has 8 nitrogen and oxygen atoms in total. The van der Waals surface area contributed by atoms with Crippen LogP contribution in [0.1, 0.15) is 27.4 Å². The lowest BCUT2D eigenvalue weighted by Gasteiger charge is -2.12. The number of aromatic nitrogens is 4. The van der Waals surface area contributed by atoms with Crippen LogP contribution >= 0.6 is 0 Å². The molecule has 2 aromatic carbocycles. The summed E-state index contributed by atoms with van der Waals surface area (Å²) in [5.74, 6) is -0.591. The minimum atomic E-state index is -0.528. The smallest absolute Gasteiger partial charge is 0.340 e. The van der Waals surface area contributed by atoms with Gasteiger partial charge < -0.3 is 15.8 Å². The van der Waals surface area contributed by atoms with Gasteiger partial charge in [-0.25, -0.2) is 9.18 Å². The molecule has 0 atom stereocenters. The van der Waals surface area contributed by atoms with E-state index in [2.05, 4.69) is 25.3 Å². The summed E-state index contributed by atoms with van der Waals surface area (Å²) in [6, 6.07) is 13.3. The normalized spacial score (nSPS) is 10.8. The van der Waals surface area contributed by atoms with Gasteiger partial charge in [0.05, 0.1) is 16.8 Å². The highest BCUT2D eigenvalue weighted by molar-refractivity contribution is 5.98. The predicted molar refractivity (Wildman–Crippen MR) is 114 cm³/mol. The number of nitrogens with zero attached hydrogens (tertiary/aromatic N) is 4. The zero-order valence-electron chi connectivity index (χ0n) is 16.9. The summed E-state index contributed by atoms with van der Waals surface area (Å²) >= 11 is 0. The SMILES string of the molecule is Cc1nc2ccccc2c(C)c1C(=O)OCc1nc(N)nc(Nc2ccc(F)cc2)n1. The van der Waals surface area contributed by atoms with Crippen molar-refractivity contribution in [1.82, 2.24) is 19.9 Å². The van der Waals surface area contributed by atoms with Crippen LogP contribution in [0.2, 0.25) is 0 Å². The number of anilines is 3. The molecule has 4 aromatic rings. The van der Waals surface area contributed by atoms with Gasteiger partial charge in [-0.05, 0) is 49.7 Å². The van der Waals surface area contributed by atoms with Crippen LogP contribution in [0.25, 0.3) is 10.9 Å². The van der Waals surface area contributed by atoms with Crippen LogP contribution in [0.5, 0.6) is 0 Å². The van der Waals surface area contributed by atoms with Crippen molar-refractivity contribution in [3.63, 3.8) is 0 Å². The van der Waals surface area contributed by atoms with Crippen LogP contribution < -0.4 is 11.1 Å². The number of rotatable bonds is 5. The first kappa shape index (κ1) is 20.1. The highest BCUT2D eigenvalue weighted by Crippen LogP contribution is 2.23. The molecule has 31 heavy (non-hydrogen) atoms. The second kappa shape index (κ2) is 8.31. The van der Waals surface area contributed by atoms with Crippen LogP contribution in [0.4, 0.5) is 22.0 Å². The summed E-state index contributed by atoms with van der Waals surface area (Å²) in [6.07, 6.45) is 0. The monoisotopic (exact) mass is 418 g/mol. The number of ether oxygens (including phenoxy) is 1. The van der Waals surface area contributed by atoms with Crippen molar-refractivity contribution in [2.45, 2.75) is 20.5 Å². The first-order valence-corrected chi connectivity index (χ1v) is 9.47. The molecule has 156 valence electrons. The number of esters is 1. The fraction of sp³-hybridized carbons (Fsp3) is 0.136. The number of pyridine rings is 1. The number of benzene rings is 2. The predicted octanol–water partition coefficient (Wildman–Crippen LogP) is 3.86. The number of carbonyl (C=O) groups is 1.